The number of rotatable bonds is 10. The molecule has 8 heteroatoms. The maximum atomic E-state index is 13.4. The van der Waals surface area contributed by atoms with Crippen LogP contribution in [0.15, 0.2) is 36.0 Å². The average Bonchev–Trinajstić information content (AvgIpc) is 3.31. The third-order valence-corrected chi connectivity index (χ3v) is 6.75. The van der Waals surface area contributed by atoms with Gasteiger partial charge in [0.05, 0.1) is 28.0 Å². The van der Waals surface area contributed by atoms with Crippen LogP contribution in [0, 0.1) is 0 Å². The lowest BCUT2D eigenvalue weighted by molar-refractivity contribution is 0.0745. The number of hydrogen-bond acceptors (Lipinski definition) is 6. The molecule has 0 radical (unpaired) electrons. The lowest BCUT2D eigenvalue weighted by atomic mass is 10.1. The predicted octanol–water partition coefficient (Wildman–Crippen LogP) is 4.07. The summed E-state index contributed by atoms with van der Waals surface area (Å²) >= 11 is 1.65. The molecule has 0 unspecified atom stereocenters. The molecule has 7 nitrogen and oxygen atoms in total. The summed E-state index contributed by atoms with van der Waals surface area (Å²) < 4.78 is 1.78. The first-order valence-corrected chi connectivity index (χ1v) is 12.0. The van der Waals surface area contributed by atoms with Gasteiger partial charge >= 0.3 is 0 Å². The third kappa shape index (κ3) is 4.70. The van der Waals surface area contributed by atoms with Crippen molar-refractivity contribution in [3.63, 3.8) is 0 Å². The SMILES string of the molecule is CCN(CC)CCN(CC)C(=O)c1cnn(-c2nccc(-c3cccs3)n2)c1C1CC1. The Morgan fingerprint density at radius 3 is 2.61 bits per heavy atom. The van der Waals surface area contributed by atoms with Gasteiger partial charge in [0.2, 0.25) is 0 Å². The second-order valence-electron chi connectivity index (χ2n) is 7.76. The highest BCUT2D eigenvalue weighted by Gasteiger charge is 2.34. The number of nitrogens with zero attached hydrogens (tertiary/aromatic N) is 6. The van der Waals surface area contributed by atoms with Gasteiger partial charge in [-0.25, -0.2) is 14.6 Å². The summed E-state index contributed by atoms with van der Waals surface area (Å²) in [6, 6.07) is 5.97. The molecule has 31 heavy (non-hydrogen) atoms. The summed E-state index contributed by atoms with van der Waals surface area (Å²) in [6.45, 7) is 10.6. The maximum Gasteiger partial charge on any atom is 0.257 e. The van der Waals surface area contributed by atoms with E-state index in [0.717, 1.165) is 55.3 Å². The minimum atomic E-state index is 0.0530. The zero-order valence-corrected chi connectivity index (χ0v) is 19.3. The first-order valence-electron chi connectivity index (χ1n) is 11.1. The Morgan fingerprint density at radius 2 is 1.97 bits per heavy atom. The van der Waals surface area contributed by atoms with Crippen LogP contribution < -0.4 is 0 Å². The van der Waals surface area contributed by atoms with Gasteiger partial charge in [-0.05, 0) is 50.4 Å². The van der Waals surface area contributed by atoms with E-state index in [2.05, 4.69) is 28.8 Å². The van der Waals surface area contributed by atoms with Crippen LogP contribution in [0.1, 0.15) is 55.6 Å². The van der Waals surface area contributed by atoms with E-state index in [-0.39, 0.29) is 5.91 Å². The van der Waals surface area contributed by atoms with Crippen molar-refractivity contribution in [2.45, 2.75) is 39.5 Å². The molecule has 0 aliphatic heterocycles. The molecule has 3 aromatic heterocycles. The van der Waals surface area contributed by atoms with Crippen LogP contribution in [0.3, 0.4) is 0 Å². The summed E-state index contributed by atoms with van der Waals surface area (Å²) in [5.74, 6) is 0.923. The lowest BCUT2D eigenvalue weighted by Gasteiger charge is -2.25. The molecular formula is C23H30N6OS. The Morgan fingerprint density at radius 1 is 1.16 bits per heavy atom. The molecule has 1 amide bonds. The van der Waals surface area contributed by atoms with Crippen LogP contribution in [0.25, 0.3) is 16.5 Å². The second kappa shape index (κ2) is 9.70. The highest BCUT2D eigenvalue weighted by atomic mass is 32.1. The van der Waals surface area contributed by atoms with Gasteiger partial charge in [0.25, 0.3) is 11.9 Å². The van der Waals surface area contributed by atoms with E-state index in [9.17, 15) is 4.79 Å². The summed E-state index contributed by atoms with van der Waals surface area (Å²) in [4.78, 5) is 28.0. The van der Waals surface area contributed by atoms with Crippen molar-refractivity contribution < 1.29 is 4.79 Å². The van der Waals surface area contributed by atoms with Crippen molar-refractivity contribution in [3.05, 3.63) is 47.2 Å². The summed E-state index contributed by atoms with van der Waals surface area (Å²) in [5.41, 5.74) is 2.52. The molecule has 0 N–H and O–H groups in total. The molecule has 3 heterocycles. The Hall–Kier alpha value is -2.58. The largest absolute Gasteiger partial charge is 0.338 e. The van der Waals surface area contributed by atoms with E-state index in [1.807, 2.05) is 35.4 Å². The average molecular weight is 439 g/mol. The Labute approximate surface area is 187 Å². The van der Waals surface area contributed by atoms with E-state index >= 15 is 0 Å². The normalized spacial score (nSPS) is 13.7. The summed E-state index contributed by atoms with van der Waals surface area (Å²) in [5, 5.41) is 6.61. The number of carbonyl (C=O) groups excluding carboxylic acids is 1. The number of thiophene rings is 1. The minimum Gasteiger partial charge on any atom is -0.338 e. The van der Waals surface area contributed by atoms with E-state index in [1.165, 1.54) is 0 Å². The number of amides is 1. The fraction of sp³-hybridized carbons (Fsp3) is 0.478. The van der Waals surface area contributed by atoms with Crippen molar-refractivity contribution in [3.8, 4) is 16.5 Å². The Balaban J connectivity index is 1.62. The van der Waals surface area contributed by atoms with Crippen molar-refractivity contribution in [2.24, 2.45) is 0 Å². The van der Waals surface area contributed by atoms with Crippen LogP contribution >= 0.6 is 11.3 Å². The van der Waals surface area contributed by atoms with Crippen LogP contribution in [0.4, 0.5) is 0 Å². The maximum absolute atomic E-state index is 13.4. The van der Waals surface area contributed by atoms with Crippen LogP contribution in [-0.2, 0) is 0 Å². The van der Waals surface area contributed by atoms with Crippen molar-refractivity contribution in [2.75, 3.05) is 32.7 Å². The highest BCUT2D eigenvalue weighted by Crippen LogP contribution is 2.42. The molecule has 4 rings (SSSR count). The molecule has 0 spiro atoms. The molecule has 0 atom stereocenters. The predicted molar refractivity (Wildman–Crippen MR) is 124 cm³/mol. The molecule has 0 saturated heterocycles. The van der Waals surface area contributed by atoms with Gasteiger partial charge in [0.15, 0.2) is 0 Å². The first-order chi connectivity index (χ1) is 15.2. The van der Waals surface area contributed by atoms with E-state index in [1.54, 1.807) is 28.4 Å². The van der Waals surface area contributed by atoms with Gasteiger partial charge in [-0.15, -0.1) is 11.3 Å². The molecule has 1 aliphatic carbocycles. The fourth-order valence-corrected chi connectivity index (χ4v) is 4.51. The quantitative estimate of drug-likeness (QED) is 0.477. The summed E-state index contributed by atoms with van der Waals surface area (Å²) in [6.07, 6.45) is 5.61. The van der Waals surface area contributed by atoms with Gasteiger partial charge in [-0.3, -0.25) is 4.79 Å². The van der Waals surface area contributed by atoms with Crippen LogP contribution in [0.2, 0.25) is 0 Å². The van der Waals surface area contributed by atoms with Crippen molar-refractivity contribution in [1.82, 2.24) is 29.5 Å². The van der Waals surface area contributed by atoms with Crippen LogP contribution in [0.5, 0.6) is 0 Å². The molecule has 1 fully saturated rings. The fourth-order valence-electron chi connectivity index (χ4n) is 3.82. The number of likely N-dealkylation sites (N-methyl/N-ethyl adjacent to an activating group) is 2. The zero-order valence-electron chi connectivity index (χ0n) is 18.5. The molecular weight excluding hydrogens is 408 g/mol. The van der Waals surface area contributed by atoms with Crippen LogP contribution in [-0.4, -0.2) is 68.2 Å². The zero-order chi connectivity index (χ0) is 21.8. The molecule has 1 aliphatic rings. The topological polar surface area (TPSA) is 67.2 Å². The standard InChI is InChI=1S/C23H30N6OS/c1-4-27(5-2)13-14-28(6-3)22(30)18-16-25-29(21(18)17-9-10-17)23-24-12-11-19(26-23)20-8-7-15-31-20/h7-8,11-12,15-17H,4-6,9-10,13-14H2,1-3H3. The molecule has 3 aromatic rings. The second-order valence-corrected chi connectivity index (χ2v) is 8.71. The van der Waals surface area contributed by atoms with Gasteiger partial charge in [-0.2, -0.15) is 5.10 Å². The molecule has 1 saturated carbocycles. The first kappa shape index (κ1) is 21.6. The van der Waals surface area contributed by atoms with E-state index in [0.29, 0.717) is 24.0 Å². The van der Waals surface area contributed by atoms with E-state index in [4.69, 9.17) is 4.98 Å². The molecule has 164 valence electrons. The van der Waals surface area contributed by atoms with Gasteiger partial charge in [0.1, 0.15) is 0 Å². The van der Waals surface area contributed by atoms with Gasteiger partial charge < -0.3 is 9.80 Å². The smallest absolute Gasteiger partial charge is 0.257 e. The van der Waals surface area contributed by atoms with Gasteiger partial charge in [-0.1, -0.05) is 19.9 Å². The lowest BCUT2D eigenvalue weighted by Crippen LogP contribution is -2.38. The monoisotopic (exact) mass is 438 g/mol. The number of carbonyl (C=O) groups is 1. The highest BCUT2D eigenvalue weighted by molar-refractivity contribution is 7.13. The number of hydrogen-bond donors (Lipinski definition) is 0. The van der Waals surface area contributed by atoms with Crippen molar-refractivity contribution >= 4 is 17.2 Å². The Kier molecular flexibility index (Phi) is 6.77. The molecule has 0 aromatic carbocycles. The van der Waals surface area contributed by atoms with E-state index < -0.39 is 0 Å². The Bertz CT molecular complexity index is 1010. The van der Waals surface area contributed by atoms with Crippen molar-refractivity contribution in [1.29, 1.82) is 0 Å². The minimum absolute atomic E-state index is 0.0530. The van der Waals surface area contributed by atoms with Gasteiger partial charge in [0, 0.05) is 31.7 Å². The summed E-state index contributed by atoms with van der Waals surface area (Å²) in [7, 11) is 0. The molecule has 0 bridgehead atoms. The number of aromatic nitrogens is 4. The third-order valence-electron chi connectivity index (χ3n) is 5.86.